The first-order valence-electron chi connectivity index (χ1n) is 11.9. The minimum Gasteiger partial charge on any atom is -0.397 e. The van der Waals surface area contributed by atoms with Crippen molar-refractivity contribution in [3.8, 4) is 0 Å². The maximum Gasteiger partial charge on any atom is 0.260 e. The van der Waals surface area contributed by atoms with Crippen LogP contribution >= 0.6 is 11.3 Å². The highest BCUT2D eigenvalue weighted by molar-refractivity contribution is 7.21. The molecular formula is C25H32N6O3S. The normalized spacial score (nSPS) is 15.4. The zero-order valence-corrected chi connectivity index (χ0v) is 20.6. The number of nitrogens with two attached hydrogens (primary N) is 3. The summed E-state index contributed by atoms with van der Waals surface area (Å²) in [4.78, 5) is 31.2. The van der Waals surface area contributed by atoms with E-state index >= 15 is 0 Å². The van der Waals surface area contributed by atoms with Gasteiger partial charge in [0.1, 0.15) is 15.5 Å². The number of hydrogen-bond donors (Lipinski definition) is 5. The van der Waals surface area contributed by atoms with Gasteiger partial charge in [-0.3, -0.25) is 9.59 Å². The minimum absolute atomic E-state index is 0.281. The molecule has 9 nitrogen and oxygen atoms in total. The average molecular weight is 497 g/mol. The van der Waals surface area contributed by atoms with Gasteiger partial charge < -0.3 is 32.5 Å². The standard InChI is InChI=1S/C25H32N6O3S/c1-2-3-16-12-19(30-25-20(16)21(26)22(35-25)24(28)34)31-10-8-17(9-11-31)29-13-18(32)14-4-6-15(7-5-14)23(27)33/h4-7,12,17-18,29,32H,2-3,8-11,13,26H2,1H3,(H2,27,33)(H2,28,34). The number of aliphatic hydroxyl groups is 1. The Morgan fingerprint density at radius 1 is 1.20 bits per heavy atom. The number of rotatable bonds is 9. The van der Waals surface area contributed by atoms with Crippen LogP contribution in [0.3, 0.4) is 0 Å². The van der Waals surface area contributed by atoms with Crippen molar-refractivity contribution < 1.29 is 14.7 Å². The molecule has 1 aliphatic rings. The number of aromatic nitrogens is 1. The van der Waals surface area contributed by atoms with Crippen LogP contribution in [0.25, 0.3) is 10.2 Å². The largest absolute Gasteiger partial charge is 0.397 e. The molecule has 0 bridgehead atoms. The van der Waals surface area contributed by atoms with Crippen LogP contribution in [0.5, 0.6) is 0 Å². The predicted molar refractivity (Wildman–Crippen MR) is 140 cm³/mol. The number of hydrogen-bond acceptors (Lipinski definition) is 8. The lowest BCUT2D eigenvalue weighted by Crippen LogP contribution is -2.44. The van der Waals surface area contributed by atoms with Crippen molar-refractivity contribution in [1.29, 1.82) is 0 Å². The van der Waals surface area contributed by atoms with Crippen LogP contribution in [-0.4, -0.2) is 47.6 Å². The van der Waals surface area contributed by atoms with Crippen molar-refractivity contribution in [2.45, 2.75) is 44.8 Å². The number of aryl methyl sites for hydroxylation is 1. The Bertz CT molecular complexity index is 1220. The molecule has 1 saturated heterocycles. The lowest BCUT2D eigenvalue weighted by molar-refractivity contribution is 0.0993. The van der Waals surface area contributed by atoms with Crippen LogP contribution in [-0.2, 0) is 6.42 Å². The maximum absolute atomic E-state index is 11.8. The van der Waals surface area contributed by atoms with E-state index in [9.17, 15) is 14.7 Å². The number of anilines is 2. The number of pyridine rings is 1. The van der Waals surface area contributed by atoms with E-state index in [-0.39, 0.29) is 6.04 Å². The van der Waals surface area contributed by atoms with E-state index in [0.29, 0.717) is 22.7 Å². The first-order chi connectivity index (χ1) is 16.8. The minimum atomic E-state index is -0.667. The maximum atomic E-state index is 11.8. The number of carbonyl (C=O) groups excluding carboxylic acids is 2. The molecule has 1 aromatic carbocycles. The molecule has 1 atom stereocenters. The molecule has 186 valence electrons. The third-order valence-corrected chi connectivity index (χ3v) is 7.62. The zero-order valence-electron chi connectivity index (χ0n) is 19.8. The number of nitrogen functional groups attached to an aromatic ring is 1. The second-order valence-electron chi connectivity index (χ2n) is 8.95. The predicted octanol–water partition coefficient (Wildman–Crippen LogP) is 2.32. The van der Waals surface area contributed by atoms with E-state index in [1.54, 1.807) is 24.3 Å². The molecule has 2 amide bonds. The van der Waals surface area contributed by atoms with E-state index in [1.165, 1.54) is 11.3 Å². The van der Waals surface area contributed by atoms with Crippen molar-refractivity contribution >= 4 is 44.9 Å². The van der Waals surface area contributed by atoms with E-state index in [1.807, 2.05) is 0 Å². The Morgan fingerprint density at radius 3 is 2.49 bits per heavy atom. The van der Waals surface area contributed by atoms with Gasteiger partial charge in [0.25, 0.3) is 5.91 Å². The van der Waals surface area contributed by atoms with Crippen molar-refractivity contribution in [2.75, 3.05) is 30.3 Å². The van der Waals surface area contributed by atoms with Gasteiger partial charge in [0.15, 0.2) is 0 Å². The molecule has 3 aromatic rings. The van der Waals surface area contributed by atoms with Crippen LogP contribution in [0.15, 0.2) is 30.3 Å². The number of benzene rings is 1. The second-order valence-corrected chi connectivity index (χ2v) is 9.95. The Morgan fingerprint density at radius 2 is 1.89 bits per heavy atom. The smallest absolute Gasteiger partial charge is 0.260 e. The summed E-state index contributed by atoms with van der Waals surface area (Å²) in [5.74, 6) is -0.110. The number of aliphatic hydroxyl groups excluding tert-OH is 1. The van der Waals surface area contributed by atoms with E-state index in [2.05, 4.69) is 23.2 Å². The molecule has 10 heteroatoms. The monoisotopic (exact) mass is 496 g/mol. The van der Waals surface area contributed by atoms with E-state index < -0.39 is 17.9 Å². The number of fused-ring (bicyclic) bond motifs is 1. The van der Waals surface area contributed by atoms with Gasteiger partial charge >= 0.3 is 0 Å². The second kappa shape index (κ2) is 10.6. The van der Waals surface area contributed by atoms with Crippen molar-refractivity contribution in [1.82, 2.24) is 10.3 Å². The molecule has 3 heterocycles. The van der Waals surface area contributed by atoms with E-state index in [4.69, 9.17) is 22.2 Å². The molecule has 0 aliphatic carbocycles. The summed E-state index contributed by atoms with van der Waals surface area (Å²) < 4.78 is 0. The van der Waals surface area contributed by atoms with Gasteiger partial charge in [-0.1, -0.05) is 25.5 Å². The van der Waals surface area contributed by atoms with Crippen LogP contribution in [0.4, 0.5) is 11.5 Å². The lowest BCUT2D eigenvalue weighted by atomic mass is 10.0. The SMILES string of the molecule is CCCc1cc(N2CCC(NCC(O)c3ccc(C(N)=O)cc3)CC2)nc2sc(C(N)=O)c(N)c12. The fourth-order valence-electron chi connectivity index (χ4n) is 4.57. The molecule has 35 heavy (non-hydrogen) atoms. The van der Waals surface area contributed by atoms with Crippen molar-refractivity contribution in [3.63, 3.8) is 0 Å². The van der Waals surface area contributed by atoms with Crippen LogP contribution < -0.4 is 27.4 Å². The Kier molecular flexibility index (Phi) is 7.54. The fraction of sp³-hybridized carbons (Fsp3) is 0.400. The number of amides is 2. The van der Waals surface area contributed by atoms with Gasteiger partial charge in [-0.2, -0.15) is 0 Å². The molecule has 1 unspecified atom stereocenters. The first-order valence-corrected chi connectivity index (χ1v) is 12.7. The highest BCUT2D eigenvalue weighted by Crippen LogP contribution is 2.37. The number of carbonyl (C=O) groups is 2. The quantitative estimate of drug-likeness (QED) is 0.304. The summed E-state index contributed by atoms with van der Waals surface area (Å²) in [7, 11) is 0. The third-order valence-electron chi connectivity index (χ3n) is 6.51. The van der Waals surface area contributed by atoms with Crippen molar-refractivity contribution in [3.05, 3.63) is 51.9 Å². The third kappa shape index (κ3) is 5.39. The molecular weight excluding hydrogens is 464 g/mol. The number of nitrogens with one attached hydrogen (secondary N) is 1. The van der Waals surface area contributed by atoms with Gasteiger partial charge in [-0.25, -0.2) is 4.98 Å². The number of piperidine rings is 1. The van der Waals surface area contributed by atoms with Gasteiger partial charge in [0.05, 0.1) is 11.8 Å². The Hall–Kier alpha value is -3.21. The molecule has 0 saturated carbocycles. The van der Waals surface area contributed by atoms with Crippen LogP contribution in [0.2, 0.25) is 0 Å². The average Bonchev–Trinajstić information content (AvgIpc) is 3.20. The summed E-state index contributed by atoms with van der Waals surface area (Å²) in [5, 5.41) is 14.8. The summed E-state index contributed by atoms with van der Waals surface area (Å²) in [6, 6.07) is 9.08. The first kappa shape index (κ1) is 24.9. The molecule has 0 spiro atoms. The fourth-order valence-corrected chi connectivity index (χ4v) is 5.56. The molecule has 4 rings (SSSR count). The Balaban J connectivity index is 1.39. The van der Waals surface area contributed by atoms with Gasteiger partial charge in [-0.15, -0.1) is 11.3 Å². The van der Waals surface area contributed by atoms with Crippen LogP contribution in [0, 0.1) is 0 Å². The molecule has 8 N–H and O–H groups in total. The summed E-state index contributed by atoms with van der Waals surface area (Å²) in [5.41, 5.74) is 19.7. The number of nitrogens with zero attached hydrogens (tertiary/aromatic N) is 2. The van der Waals surface area contributed by atoms with Gasteiger partial charge in [0.2, 0.25) is 5.91 Å². The molecule has 0 radical (unpaired) electrons. The summed E-state index contributed by atoms with van der Waals surface area (Å²) >= 11 is 1.26. The summed E-state index contributed by atoms with van der Waals surface area (Å²) in [6.07, 6.45) is 2.96. The molecule has 1 fully saturated rings. The lowest BCUT2D eigenvalue weighted by Gasteiger charge is -2.34. The zero-order chi connectivity index (χ0) is 25.1. The molecule has 2 aromatic heterocycles. The Labute approximate surface area is 208 Å². The van der Waals surface area contributed by atoms with Crippen molar-refractivity contribution in [2.24, 2.45) is 11.5 Å². The topological polar surface area (TPSA) is 161 Å². The summed E-state index contributed by atoms with van der Waals surface area (Å²) in [6.45, 7) is 4.19. The van der Waals surface area contributed by atoms with Gasteiger partial charge in [0, 0.05) is 36.6 Å². The molecule has 1 aliphatic heterocycles. The number of thiophene rings is 1. The highest BCUT2D eigenvalue weighted by atomic mass is 32.1. The van der Waals surface area contributed by atoms with Crippen LogP contribution in [0.1, 0.15) is 63.4 Å². The number of primary amides is 2. The van der Waals surface area contributed by atoms with Gasteiger partial charge in [-0.05, 0) is 48.6 Å². The van der Waals surface area contributed by atoms with E-state index in [0.717, 1.165) is 65.9 Å². The highest BCUT2D eigenvalue weighted by Gasteiger charge is 2.24.